The Morgan fingerprint density at radius 1 is 1.24 bits per heavy atom. The van der Waals surface area contributed by atoms with Gasteiger partial charge in [-0.15, -0.1) is 0 Å². The van der Waals surface area contributed by atoms with Crippen molar-refractivity contribution in [1.82, 2.24) is 0 Å². The monoisotopic (exact) mass is 351 g/mol. The van der Waals surface area contributed by atoms with Crippen LogP contribution in [0.15, 0.2) is 36.4 Å². The Morgan fingerprint density at radius 3 is 2.44 bits per heavy atom. The number of hydrogen-bond acceptors (Lipinski definition) is 5. The van der Waals surface area contributed by atoms with Crippen molar-refractivity contribution in [3.05, 3.63) is 63.2 Å². The number of alkyl halides is 3. The lowest BCUT2D eigenvalue weighted by Gasteiger charge is -2.11. The van der Waals surface area contributed by atoms with Crippen LogP contribution in [-0.4, -0.2) is 10.8 Å². The van der Waals surface area contributed by atoms with Crippen molar-refractivity contribution in [3.8, 4) is 17.6 Å². The first-order chi connectivity index (χ1) is 11.6. The lowest BCUT2D eigenvalue weighted by Crippen LogP contribution is -2.13. The third-order valence-corrected chi connectivity index (χ3v) is 3.09. The number of hydrogen-bond donors (Lipinski definition) is 1. The third kappa shape index (κ3) is 3.84. The molecule has 25 heavy (non-hydrogen) atoms. The minimum absolute atomic E-state index is 0.101. The molecule has 0 aliphatic heterocycles. The lowest BCUT2D eigenvalue weighted by molar-refractivity contribution is -0.385. The van der Waals surface area contributed by atoms with Gasteiger partial charge in [0, 0.05) is 12.1 Å². The van der Waals surface area contributed by atoms with Crippen molar-refractivity contribution in [2.24, 2.45) is 5.73 Å². The summed E-state index contributed by atoms with van der Waals surface area (Å²) in [6, 6.07) is 6.90. The molecule has 2 aromatic rings. The van der Waals surface area contributed by atoms with E-state index in [2.05, 4.69) is 0 Å². The fraction of sp³-hybridized carbons (Fsp3) is 0.0667. The predicted molar refractivity (Wildman–Crippen MR) is 77.8 cm³/mol. The Balaban J connectivity index is 2.43. The minimum atomic E-state index is -4.63. The van der Waals surface area contributed by atoms with Gasteiger partial charge >= 0.3 is 6.18 Å². The van der Waals surface area contributed by atoms with Gasteiger partial charge in [0.05, 0.1) is 16.1 Å². The average Bonchev–Trinajstić information content (AvgIpc) is 2.53. The molecule has 0 saturated carbocycles. The maximum Gasteiger partial charge on any atom is 0.416 e. The zero-order valence-corrected chi connectivity index (χ0v) is 12.2. The van der Waals surface area contributed by atoms with Crippen LogP contribution in [0.5, 0.6) is 11.5 Å². The molecule has 0 radical (unpaired) electrons. The van der Waals surface area contributed by atoms with E-state index >= 15 is 0 Å². The Morgan fingerprint density at radius 2 is 1.92 bits per heavy atom. The number of carbonyl (C=O) groups excluding carboxylic acids is 1. The number of rotatable bonds is 4. The molecule has 0 spiro atoms. The van der Waals surface area contributed by atoms with Crippen LogP contribution in [0.25, 0.3) is 0 Å². The smallest absolute Gasteiger partial charge is 0.416 e. The van der Waals surface area contributed by atoms with E-state index in [9.17, 15) is 28.1 Å². The van der Waals surface area contributed by atoms with E-state index in [1.807, 2.05) is 0 Å². The Kier molecular flexibility index (Phi) is 4.60. The van der Waals surface area contributed by atoms with Crippen LogP contribution in [0.1, 0.15) is 21.5 Å². The zero-order chi connectivity index (χ0) is 18.8. The Labute approximate surface area is 138 Å². The predicted octanol–water partition coefficient (Wildman–Crippen LogP) is 3.38. The van der Waals surface area contributed by atoms with E-state index in [-0.39, 0.29) is 11.5 Å². The zero-order valence-electron chi connectivity index (χ0n) is 12.2. The van der Waals surface area contributed by atoms with E-state index < -0.39 is 39.4 Å². The van der Waals surface area contributed by atoms with Gasteiger partial charge in [0.2, 0.25) is 0 Å². The number of nitriles is 1. The SMILES string of the molecule is N#Cc1cc(C(F)(F)F)ccc1Oc1ccc([N+](=O)[O-])c(C(N)=O)c1. The van der Waals surface area contributed by atoms with Gasteiger partial charge < -0.3 is 10.5 Å². The van der Waals surface area contributed by atoms with Gasteiger partial charge in [0.1, 0.15) is 23.1 Å². The molecular formula is C15H8F3N3O4. The molecule has 0 fully saturated rings. The molecule has 0 aliphatic carbocycles. The largest absolute Gasteiger partial charge is 0.456 e. The maximum atomic E-state index is 12.7. The average molecular weight is 351 g/mol. The summed E-state index contributed by atoms with van der Waals surface area (Å²) in [7, 11) is 0. The van der Waals surface area contributed by atoms with Crippen molar-refractivity contribution in [2.75, 3.05) is 0 Å². The second-order valence-corrected chi connectivity index (χ2v) is 4.72. The van der Waals surface area contributed by atoms with Crippen LogP contribution in [0.3, 0.4) is 0 Å². The molecule has 1 amide bonds. The quantitative estimate of drug-likeness (QED) is 0.669. The molecule has 10 heteroatoms. The summed E-state index contributed by atoms with van der Waals surface area (Å²) in [5.41, 5.74) is 2.65. The first-order valence-electron chi connectivity index (χ1n) is 6.51. The molecule has 7 nitrogen and oxygen atoms in total. The van der Waals surface area contributed by atoms with Crippen molar-refractivity contribution in [3.63, 3.8) is 0 Å². The summed E-state index contributed by atoms with van der Waals surface area (Å²) in [4.78, 5) is 21.3. The fourth-order valence-electron chi connectivity index (χ4n) is 1.94. The molecule has 128 valence electrons. The molecule has 0 saturated heterocycles. The summed E-state index contributed by atoms with van der Waals surface area (Å²) in [6.45, 7) is 0. The van der Waals surface area contributed by atoms with Crippen LogP contribution in [0, 0.1) is 21.4 Å². The highest BCUT2D eigenvalue weighted by molar-refractivity contribution is 5.97. The second kappa shape index (κ2) is 6.48. The molecule has 2 N–H and O–H groups in total. The number of ether oxygens (including phenoxy) is 1. The summed E-state index contributed by atoms with van der Waals surface area (Å²) < 4.78 is 43.3. The highest BCUT2D eigenvalue weighted by Gasteiger charge is 2.31. The lowest BCUT2D eigenvalue weighted by atomic mass is 10.1. The normalized spacial score (nSPS) is 10.8. The first kappa shape index (κ1) is 17.7. The number of halogens is 3. The Bertz CT molecular complexity index is 904. The van der Waals surface area contributed by atoms with Gasteiger partial charge in [0.15, 0.2) is 0 Å². The van der Waals surface area contributed by atoms with Gasteiger partial charge in [0.25, 0.3) is 11.6 Å². The second-order valence-electron chi connectivity index (χ2n) is 4.72. The van der Waals surface area contributed by atoms with Crippen LogP contribution < -0.4 is 10.5 Å². The number of amides is 1. The molecule has 0 atom stereocenters. The highest BCUT2D eigenvalue weighted by atomic mass is 19.4. The van der Waals surface area contributed by atoms with Gasteiger partial charge in [-0.25, -0.2) is 0 Å². The van der Waals surface area contributed by atoms with E-state index in [4.69, 9.17) is 15.7 Å². The molecule has 0 aromatic heterocycles. The molecule has 2 aromatic carbocycles. The number of nitro benzene ring substituents is 1. The molecule has 0 aliphatic rings. The molecule has 0 bridgehead atoms. The molecule has 0 unspecified atom stereocenters. The number of nitro groups is 1. The van der Waals surface area contributed by atoms with Crippen molar-refractivity contribution in [2.45, 2.75) is 6.18 Å². The van der Waals surface area contributed by atoms with E-state index in [0.29, 0.717) is 6.07 Å². The molecule has 2 rings (SSSR count). The van der Waals surface area contributed by atoms with Gasteiger partial charge in [-0.3, -0.25) is 14.9 Å². The number of primary amides is 1. The van der Waals surface area contributed by atoms with Crippen molar-refractivity contribution in [1.29, 1.82) is 5.26 Å². The summed E-state index contributed by atoms with van der Waals surface area (Å²) >= 11 is 0. The summed E-state index contributed by atoms with van der Waals surface area (Å²) in [5, 5.41) is 19.8. The fourth-order valence-corrected chi connectivity index (χ4v) is 1.94. The number of nitrogens with two attached hydrogens (primary N) is 1. The van der Waals surface area contributed by atoms with Crippen LogP contribution in [0.2, 0.25) is 0 Å². The summed E-state index contributed by atoms with van der Waals surface area (Å²) in [5.74, 6) is -1.39. The first-order valence-corrected chi connectivity index (χ1v) is 6.51. The van der Waals surface area contributed by atoms with E-state index in [1.54, 1.807) is 6.07 Å². The molecule has 0 heterocycles. The Hall–Kier alpha value is -3.61. The van der Waals surface area contributed by atoms with Crippen molar-refractivity contribution >= 4 is 11.6 Å². The number of carbonyl (C=O) groups is 1. The van der Waals surface area contributed by atoms with Crippen LogP contribution >= 0.6 is 0 Å². The van der Waals surface area contributed by atoms with Crippen LogP contribution in [-0.2, 0) is 6.18 Å². The molecular weight excluding hydrogens is 343 g/mol. The highest BCUT2D eigenvalue weighted by Crippen LogP contribution is 2.34. The van der Waals surface area contributed by atoms with Gasteiger partial charge in [-0.2, -0.15) is 18.4 Å². The van der Waals surface area contributed by atoms with Crippen molar-refractivity contribution < 1.29 is 27.6 Å². The number of benzene rings is 2. The van der Waals surface area contributed by atoms with E-state index in [0.717, 1.165) is 30.3 Å². The standard InChI is InChI=1S/C15H8F3N3O4/c16-15(17,18)9-1-4-13(8(5-9)7-19)25-10-2-3-12(21(23)24)11(6-10)14(20)22/h1-6H,(H2,20,22). The summed E-state index contributed by atoms with van der Waals surface area (Å²) in [6.07, 6.45) is -4.63. The number of nitrogens with zero attached hydrogens (tertiary/aromatic N) is 2. The van der Waals surface area contributed by atoms with Gasteiger partial charge in [-0.1, -0.05) is 0 Å². The van der Waals surface area contributed by atoms with Gasteiger partial charge in [-0.05, 0) is 24.3 Å². The third-order valence-electron chi connectivity index (χ3n) is 3.09. The van der Waals surface area contributed by atoms with E-state index in [1.165, 1.54) is 0 Å². The minimum Gasteiger partial charge on any atom is -0.456 e. The topological polar surface area (TPSA) is 119 Å². The van der Waals surface area contributed by atoms with Crippen LogP contribution in [0.4, 0.5) is 18.9 Å². The maximum absolute atomic E-state index is 12.7.